The van der Waals surface area contributed by atoms with Crippen molar-refractivity contribution in [3.8, 4) is 0 Å². The van der Waals surface area contributed by atoms with Gasteiger partial charge in [0.05, 0.1) is 0 Å². The first-order chi connectivity index (χ1) is 8.33. The van der Waals surface area contributed by atoms with Crippen molar-refractivity contribution in [1.29, 1.82) is 0 Å². The highest BCUT2D eigenvalue weighted by molar-refractivity contribution is 6.29. The summed E-state index contributed by atoms with van der Waals surface area (Å²) in [5, 5.41) is 0.612. The second-order valence-electron chi connectivity index (χ2n) is 5.38. The smallest absolute Gasteiger partial charge is 0.129 e. The second kappa shape index (κ2) is 4.95. The second-order valence-corrected chi connectivity index (χ2v) is 5.77. The minimum Gasteiger partial charge on any atom is -0.295 e. The Morgan fingerprint density at radius 3 is 3.06 bits per heavy atom. The number of rotatable bonds is 2. The number of hydrogen-bond acceptors (Lipinski definition) is 2. The molecule has 2 heterocycles. The van der Waals surface area contributed by atoms with E-state index in [1.165, 1.54) is 44.2 Å². The van der Waals surface area contributed by atoms with E-state index in [0.717, 1.165) is 18.5 Å². The highest BCUT2D eigenvalue weighted by Gasteiger charge is 2.38. The quantitative estimate of drug-likeness (QED) is 0.747. The third-order valence-electron chi connectivity index (χ3n) is 4.23. The summed E-state index contributed by atoms with van der Waals surface area (Å²) in [6.07, 6.45) is 8.93. The van der Waals surface area contributed by atoms with Gasteiger partial charge in [-0.05, 0) is 36.5 Å². The van der Waals surface area contributed by atoms with E-state index < -0.39 is 0 Å². The summed E-state index contributed by atoms with van der Waals surface area (Å²) in [5.41, 5.74) is 1.30. The van der Waals surface area contributed by atoms with E-state index in [-0.39, 0.29) is 0 Å². The summed E-state index contributed by atoms with van der Waals surface area (Å²) in [4.78, 5) is 6.65. The molecule has 1 saturated carbocycles. The molecule has 92 valence electrons. The highest BCUT2D eigenvalue weighted by atomic mass is 35.5. The van der Waals surface area contributed by atoms with E-state index >= 15 is 0 Å². The maximum atomic E-state index is 5.92. The lowest BCUT2D eigenvalue weighted by molar-refractivity contribution is 0.00300. The Morgan fingerprint density at radius 2 is 2.18 bits per heavy atom. The van der Waals surface area contributed by atoms with Crippen LogP contribution in [-0.4, -0.2) is 22.5 Å². The fourth-order valence-corrected chi connectivity index (χ4v) is 3.51. The lowest BCUT2D eigenvalue weighted by Gasteiger charge is -2.48. The number of hydrogen-bond donors (Lipinski definition) is 0. The van der Waals surface area contributed by atoms with E-state index in [4.69, 9.17) is 11.6 Å². The summed E-state index contributed by atoms with van der Waals surface area (Å²) in [6, 6.07) is 4.91. The molecule has 2 fully saturated rings. The third kappa shape index (κ3) is 2.48. The summed E-state index contributed by atoms with van der Waals surface area (Å²) in [7, 11) is 0. The van der Waals surface area contributed by atoms with E-state index in [2.05, 4.69) is 16.0 Å². The Morgan fingerprint density at radius 1 is 1.29 bits per heavy atom. The van der Waals surface area contributed by atoms with Crippen LogP contribution in [0.25, 0.3) is 0 Å². The molecule has 1 aliphatic carbocycles. The van der Waals surface area contributed by atoms with Crippen LogP contribution >= 0.6 is 11.6 Å². The van der Waals surface area contributed by atoms with E-state index in [0.29, 0.717) is 5.15 Å². The fourth-order valence-electron chi connectivity index (χ4n) is 3.31. The summed E-state index contributed by atoms with van der Waals surface area (Å²) in [5.74, 6) is 0.967. The molecule has 1 saturated heterocycles. The Kier molecular flexibility index (Phi) is 3.34. The SMILES string of the molecule is Clc1cc(CN2C[C@@H]3CCCCC[C@@H]32)ccn1. The standard InChI is InChI=1S/C14H19ClN2/c15-14-8-11(6-7-16-14)9-17-10-12-4-2-1-3-5-13(12)17/h6-8,12-13H,1-5,9-10H2/t12-,13-/m0/s1. The molecule has 1 aromatic heterocycles. The topological polar surface area (TPSA) is 16.1 Å². The minimum atomic E-state index is 0.612. The van der Waals surface area contributed by atoms with Crippen LogP contribution in [0.4, 0.5) is 0 Å². The van der Waals surface area contributed by atoms with Gasteiger partial charge in [-0.15, -0.1) is 0 Å². The van der Waals surface area contributed by atoms with Crippen LogP contribution in [0, 0.1) is 5.92 Å². The van der Waals surface area contributed by atoms with Crippen molar-refractivity contribution in [2.75, 3.05) is 6.54 Å². The molecule has 3 heteroatoms. The molecule has 0 aromatic carbocycles. The average Bonchev–Trinajstić information content (AvgIpc) is 2.48. The first kappa shape index (κ1) is 11.5. The van der Waals surface area contributed by atoms with Gasteiger partial charge in [0, 0.05) is 25.3 Å². The zero-order valence-electron chi connectivity index (χ0n) is 10.1. The molecule has 2 atom stereocenters. The third-order valence-corrected chi connectivity index (χ3v) is 4.44. The van der Waals surface area contributed by atoms with Gasteiger partial charge in [0.1, 0.15) is 5.15 Å². The lowest BCUT2D eigenvalue weighted by atomic mass is 9.84. The highest BCUT2D eigenvalue weighted by Crippen LogP contribution is 2.36. The van der Waals surface area contributed by atoms with E-state index in [9.17, 15) is 0 Å². The molecule has 1 aromatic rings. The van der Waals surface area contributed by atoms with Gasteiger partial charge in [0.25, 0.3) is 0 Å². The van der Waals surface area contributed by atoms with Gasteiger partial charge in [-0.25, -0.2) is 4.98 Å². The monoisotopic (exact) mass is 250 g/mol. The number of nitrogens with zero attached hydrogens (tertiary/aromatic N) is 2. The van der Waals surface area contributed by atoms with Crippen molar-refractivity contribution in [2.24, 2.45) is 5.92 Å². The number of halogens is 1. The first-order valence-electron chi connectivity index (χ1n) is 6.67. The molecule has 1 aliphatic heterocycles. The van der Waals surface area contributed by atoms with Crippen LogP contribution < -0.4 is 0 Å². The van der Waals surface area contributed by atoms with Crippen LogP contribution in [0.15, 0.2) is 18.3 Å². The molecule has 17 heavy (non-hydrogen) atoms. The first-order valence-corrected chi connectivity index (χ1v) is 7.05. The van der Waals surface area contributed by atoms with Gasteiger partial charge in [-0.3, -0.25) is 4.90 Å². The summed E-state index contributed by atoms with van der Waals surface area (Å²) < 4.78 is 0. The van der Waals surface area contributed by atoms with E-state index in [1.54, 1.807) is 0 Å². The van der Waals surface area contributed by atoms with Gasteiger partial charge in [-0.2, -0.15) is 0 Å². The minimum absolute atomic E-state index is 0.612. The zero-order chi connectivity index (χ0) is 11.7. The van der Waals surface area contributed by atoms with E-state index in [1.807, 2.05) is 12.3 Å². The van der Waals surface area contributed by atoms with Crippen molar-refractivity contribution >= 4 is 11.6 Å². The largest absolute Gasteiger partial charge is 0.295 e. The predicted octanol–water partition coefficient (Wildman–Crippen LogP) is 3.50. The molecule has 0 bridgehead atoms. The van der Waals surface area contributed by atoms with Crippen molar-refractivity contribution in [2.45, 2.75) is 44.7 Å². The van der Waals surface area contributed by atoms with Crippen molar-refractivity contribution in [3.05, 3.63) is 29.0 Å². The van der Waals surface area contributed by atoms with Crippen molar-refractivity contribution < 1.29 is 0 Å². The van der Waals surface area contributed by atoms with Crippen LogP contribution in [-0.2, 0) is 6.54 Å². The number of pyridine rings is 1. The molecule has 0 radical (unpaired) electrons. The Hall–Kier alpha value is -0.600. The molecule has 3 rings (SSSR count). The molecule has 0 spiro atoms. The zero-order valence-corrected chi connectivity index (χ0v) is 10.9. The van der Waals surface area contributed by atoms with Crippen LogP contribution in [0.2, 0.25) is 5.15 Å². The van der Waals surface area contributed by atoms with Gasteiger partial charge in [-0.1, -0.05) is 30.9 Å². The Labute approximate surface area is 108 Å². The molecule has 0 unspecified atom stereocenters. The normalized spacial score (nSPS) is 29.2. The maximum absolute atomic E-state index is 5.92. The van der Waals surface area contributed by atoms with Crippen molar-refractivity contribution in [3.63, 3.8) is 0 Å². The summed E-state index contributed by atoms with van der Waals surface area (Å²) >= 11 is 5.92. The summed E-state index contributed by atoms with van der Waals surface area (Å²) in [6.45, 7) is 2.33. The van der Waals surface area contributed by atoms with Gasteiger partial charge in [0.2, 0.25) is 0 Å². The number of fused-ring (bicyclic) bond motifs is 1. The average molecular weight is 251 g/mol. The van der Waals surface area contributed by atoms with Crippen LogP contribution in [0.1, 0.15) is 37.7 Å². The fraction of sp³-hybridized carbons (Fsp3) is 0.643. The van der Waals surface area contributed by atoms with Crippen LogP contribution in [0.3, 0.4) is 0 Å². The Balaban J connectivity index is 1.63. The lowest BCUT2D eigenvalue weighted by Crippen LogP contribution is -2.54. The Bertz CT molecular complexity index is 394. The number of aromatic nitrogens is 1. The van der Waals surface area contributed by atoms with Gasteiger partial charge in [0.15, 0.2) is 0 Å². The predicted molar refractivity (Wildman–Crippen MR) is 70.0 cm³/mol. The number of likely N-dealkylation sites (tertiary alicyclic amines) is 1. The van der Waals surface area contributed by atoms with Gasteiger partial charge >= 0.3 is 0 Å². The van der Waals surface area contributed by atoms with Crippen molar-refractivity contribution in [1.82, 2.24) is 9.88 Å². The molecular formula is C14H19ClN2. The van der Waals surface area contributed by atoms with Gasteiger partial charge < -0.3 is 0 Å². The maximum Gasteiger partial charge on any atom is 0.129 e. The molecule has 2 aliphatic rings. The molecular weight excluding hydrogens is 232 g/mol. The molecule has 2 nitrogen and oxygen atoms in total. The molecule has 0 N–H and O–H groups in total. The van der Waals surface area contributed by atoms with Crippen LogP contribution in [0.5, 0.6) is 0 Å². The molecule has 0 amide bonds.